The molecule has 0 bridgehead atoms. The fourth-order valence-corrected chi connectivity index (χ4v) is 2.17. The van der Waals surface area contributed by atoms with Gasteiger partial charge in [-0.3, -0.25) is 15.5 Å². The molecule has 1 atom stereocenters. The first-order valence-electron chi connectivity index (χ1n) is 7.56. The summed E-state index contributed by atoms with van der Waals surface area (Å²) < 4.78 is 44.2. The van der Waals surface area contributed by atoms with Gasteiger partial charge >= 0.3 is 6.18 Å². The molecule has 2 aromatic carbocycles. The largest absolute Gasteiger partial charge is 0.490 e. The van der Waals surface area contributed by atoms with Gasteiger partial charge in [0.05, 0.1) is 11.3 Å². The van der Waals surface area contributed by atoms with Gasteiger partial charge in [0.2, 0.25) is 0 Å². The Morgan fingerprint density at radius 3 is 2.37 bits per heavy atom. The fraction of sp³-hybridized carbons (Fsp3) is 0.235. The van der Waals surface area contributed by atoms with E-state index in [0.29, 0.717) is 16.8 Å². The van der Waals surface area contributed by atoms with Crippen molar-refractivity contribution >= 4 is 28.9 Å². The van der Waals surface area contributed by atoms with E-state index in [-0.39, 0.29) is 5.69 Å². The van der Waals surface area contributed by atoms with Crippen LogP contribution >= 0.6 is 11.6 Å². The van der Waals surface area contributed by atoms with Crippen molar-refractivity contribution in [2.45, 2.75) is 18.7 Å². The Bertz CT molecular complexity index is 811. The number of rotatable bonds is 6. The van der Waals surface area contributed by atoms with Gasteiger partial charge in [0.1, 0.15) is 12.4 Å². The Balaban J connectivity index is 2.09. The number of carbonyl (C=O) groups excluding carboxylic acids is 1. The van der Waals surface area contributed by atoms with E-state index < -0.39 is 35.5 Å². The van der Waals surface area contributed by atoms with Gasteiger partial charge in [-0.2, -0.15) is 13.2 Å². The van der Waals surface area contributed by atoms with Crippen LogP contribution in [0.2, 0.25) is 5.02 Å². The fourth-order valence-electron chi connectivity index (χ4n) is 2.04. The average molecular weight is 405 g/mol. The highest BCUT2D eigenvalue weighted by Crippen LogP contribution is 2.36. The lowest BCUT2D eigenvalue weighted by Gasteiger charge is -2.23. The van der Waals surface area contributed by atoms with Crippen molar-refractivity contribution in [1.82, 2.24) is 0 Å². The standard InChI is InChI=1S/C17H16ClF3N2O4/c1-16(25,9-27-12-5-2-10(18)3-6-12)15(24)22-11-4-7-14(23-26)13(8-11)17(19,20)21/h2-8,23,25-26H,9H2,1H3,(H,22,24)/t16-/m0/s1. The van der Waals surface area contributed by atoms with Gasteiger partial charge in [0.15, 0.2) is 5.60 Å². The minimum atomic E-state index is -4.76. The summed E-state index contributed by atoms with van der Waals surface area (Å²) in [6.07, 6.45) is -4.76. The third kappa shape index (κ3) is 5.49. The molecule has 0 unspecified atom stereocenters. The first kappa shape index (κ1) is 20.8. The first-order valence-corrected chi connectivity index (χ1v) is 7.94. The molecule has 2 aromatic rings. The van der Waals surface area contributed by atoms with Gasteiger partial charge < -0.3 is 15.2 Å². The smallest absolute Gasteiger partial charge is 0.418 e. The molecule has 1 amide bonds. The summed E-state index contributed by atoms with van der Waals surface area (Å²) in [4.78, 5) is 12.2. The maximum Gasteiger partial charge on any atom is 0.418 e. The highest BCUT2D eigenvalue weighted by Gasteiger charge is 2.35. The Hall–Kier alpha value is -2.49. The van der Waals surface area contributed by atoms with Crippen LogP contribution in [0.15, 0.2) is 42.5 Å². The third-order valence-corrected chi connectivity index (χ3v) is 3.78. The second-order valence-electron chi connectivity index (χ2n) is 5.84. The van der Waals surface area contributed by atoms with Crippen LogP contribution in [0.1, 0.15) is 12.5 Å². The molecule has 4 N–H and O–H groups in total. The predicted molar refractivity (Wildman–Crippen MR) is 93.1 cm³/mol. The molecule has 0 aliphatic carbocycles. The van der Waals surface area contributed by atoms with E-state index in [9.17, 15) is 23.1 Å². The normalized spacial score (nSPS) is 13.6. The van der Waals surface area contributed by atoms with Crippen molar-refractivity contribution < 1.29 is 33.0 Å². The number of halogens is 4. The monoisotopic (exact) mass is 404 g/mol. The van der Waals surface area contributed by atoms with Crippen LogP contribution in [0.5, 0.6) is 5.75 Å². The van der Waals surface area contributed by atoms with Crippen LogP contribution in [0.3, 0.4) is 0 Å². The lowest BCUT2D eigenvalue weighted by molar-refractivity contribution is -0.137. The molecular formula is C17H16ClF3N2O4. The minimum absolute atomic E-state index is 0.210. The van der Waals surface area contributed by atoms with E-state index in [1.54, 1.807) is 12.1 Å². The molecule has 0 aliphatic heterocycles. The Morgan fingerprint density at radius 1 is 1.19 bits per heavy atom. The number of nitrogens with one attached hydrogen (secondary N) is 2. The summed E-state index contributed by atoms with van der Waals surface area (Å²) in [5, 5.41) is 21.7. The van der Waals surface area contributed by atoms with Gasteiger partial charge in [0.25, 0.3) is 5.91 Å². The van der Waals surface area contributed by atoms with E-state index in [4.69, 9.17) is 21.5 Å². The van der Waals surface area contributed by atoms with Gasteiger partial charge in [0, 0.05) is 10.7 Å². The number of alkyl halides is 3. The third-order valence-electron chi connectivity index (χ3n) is 3.53. The summed E-state index contributed by atoms with van der Waals surface area (Å²) in [5.41, 5.74) is -2.54. The number of amides is 1. The quantitative estimate of drug-likeness (QED) is 0.548. The summed E-state index contributed by atoms with van der Waals surface area (Å²) >= 11 is 5.74. The lowest BCUT2D eigenvalue weighted by Crippen LogP contribution is -2.45. The summed E-state index contributed by atoms with van der Waals surface area (Å²) in [5.74, 6) is -0.612. The Morgan fingerprint density at radius 2 is 1.81 bits per heavy atom. The molecule has 10 heteroatoms. The average Bonchev–Trinajstić information content (AvgIpc) is 2.60. The van der Waals surface area contributed by atoms with Crippen LogP contribution < -0.4 is 15.5 Å². The van der Waals surface area contributed by atoms with Gasteiger partial charge in [-0.15, -0.1) is 0 Å². The van der Waals surface area contributed by atoms with Crippen molar-refractivity contribution in [2.24, 2.45) is 0 Å². The number of hydrogen-bond donors (Lipinski definition) is 4. The maximum absolute atomic E-state index is 13.0. The molecule has 146 valence electrons. The number of hydrogen-bond acceptors (Lipinski definition) is 5. The minimum Gasteiger partial charge on any atom is -0.490 e. The first-order chi connectivity index (χ1) is 12.5. The summed E-state index contributed by atoms with van der Waals surface area (Å²) in [6.45, 7) is 0.718. The molecule has 2 rings (SSSR count). The molecule has 6 nitrogen and oxygen atoms in total. The zero-order chi connectivity index (χ0) is 20.2. The molecule has 0 aliphatic rings. The van der Waals surface area contributed by atoms with E-state index in [0.717, 1.165) is 19.1 Å². The highest BCUT2D eigenvalue weighted by atomic mass is 35.5. The zero-order valence-corrected chi connectivity index (χ0v) is 14.7. The van der Waals surface area contributed by atoms with E-state index in [2.05, 4.69) is 5.32 Å². The maximum atomic E-state index is 13.0. The molecule has 27 heavy (non-hydrogen) atoms. The number of carbonyl (C=O) groups is 1. The molecule has 0 heterocycles. The van der Waals surface area contributed by atoms with Crippen molar-refractivity contribution in [3.8, 4) is 5.75 Å². The number of anilines is 2. The topological polar surface area (TPSA) is 90.8 Å². The molecule has 0 fully saturated rings. The van der Waals surface area contributed by atoms with Crippen molar-refractivity contribution in [2.75, 3.05) is 17.4 Å². The molecule has 0 radical (unpaired) electrons. The zero-order valence-electron chi connectivity index (χ0n) is 14.0. The van der Waals surface area contributed by atoms with Crippen LogP contribution in [0, 0.1) is 0 Å². The molecular weight excluding hydrogens is 389 g/mol. The number of ether oxygens (including phenoxy) is 1. The molecule has 0 saturated heterocycles. The Kier molecular flexibility index (Phi) is 6.19. The molecule has 0 spiro atoms. The summed E-state index contributed by atoms with van der Waals surface area (Å²) in [7, 11) is 0. The van der Waals surface area contributed by atoms with Gasteiger partial charge in [-0.05, 0) is 49.4 Å². The van der Waals surface area contributed by atoms with E-state index >= 15 is 0 Å². The summed E-state index contributed by atoms with van der Waals surface area (Å²) in [6, 6.07) is 8.90. The van der Waals surface area contributed by atoms with Crippen molar-refractivity contribution in [3.63, 3.8) is 0 Å². The van der Waals surface area contributed by atoms with Crippen molar-refractivity contribution in [3.05, 3.63) is 53.1 Å². The van der Waals surface area contributed by atoms with Gasteiger partial charge in [-0.25, -0.2) is 0 Å². The number of benzene rings is 2. The van der Waals surface area contributed by atoms with Crippen LogP contribution in [0.4, 0.5) is 24.5 Å². The SMILES string of the molecule is C[C@](O)(COc1ccc(Cl)cc1)C(=O)Nc1ccc(NO)c(C(F)(F)F)c1. The van der Waals surface area contributed by atoms with Crippen LogP contribution in [-0.4, -0.2) is 28.4 Å². The highest BCUT2D eigenvalue weighted by molar-refractivity contribution is 6.30. The van der Waals surface area contributed by atoms with E-state index in [1.165, 1.54) is 17.6 Å². The molecule has 0 saturated carbocycles. The van der Waals surface area contributed by atoms with Crippen molar-refractivity contribution in [1.29, 1.82) is 0 Å². The van der Waals surface area contributed by atoms with Crippen LogP contribution in [0.25, 0.3) is 0 Å². The predicted octanol–water partition coefficient (Wildman–Crippen LogP) is 3.93. The van der Waals surface area contributed by atoms with E-state index in [1.807, 2.05) is 0 Å². The van der Waals surface area contributed by atoms with Gasteiger partial charge in [-0.1, -0.05) is 11.6 Å². The lowest BCUT2D eigenvalue weighted by atomic mass is 10.1. The molecule has 0 aromatic heterocycles. The Labute approximate surface area is 157 Å². The second-order valence-corrected chi connectivity index (χ2v) is 6.28. The number of aliphatic hydroxyl groups is 1. The second kappa shape index (κ2) is 8.03. The van der Waals surface area contributed by atoms with Crippen LogP contribution in [-0.2, 0) is 11.0 Å².